The summed E-state index contributed by atoms with van der Waals surface area (Å²) >= 11 is 0. The highest BCUT2D eigenvalue weighted by Crippen LogP contribution is 2.30. The van der Waals surface area contributed by atoms with E-state index in [1.165, 1.54) is 10.9 Å². The number of nitrogens with zero attached hydrogens (tertiary/aromatic N) is 2. The molecule has 0 aliphatic carbocycles. The second kappa shape index (κ2) is 12.3. The molecule has 7 nitrogen and oxygen atoms in total. The van der Waals surface area contributed by atoms with E-state index in [0.717, 1.165) is 31.5 Å². The summed E-state index contributed by atoms with van der Waals surface area (Å²) in [6.07, 6.45) is 4.20. The summed E-state index contributed by atoms with van der Waals surface area (Å²) in [4.78, 5) is 14.7. The topological polar surface area (TPSA) is 67.8 Å². The molecule has 7 heteroatoms. The molecule has 0 saturated carbocycles. The van der Waals surface area contributed by atoms with E-state index in [1.54, 1.807) is 13.2 Å². The lowest BCUT2D eigenvalue weighted by Gasteiger charge is -2.14. The van der Waals surface area contributed by atoms with Crippen LogP contribution in [0.4, 0.5) is 10.5 Å². The number of nitrogens with one attached hydrogen (secondary N) is 2. The second-order valence-electron chi connectivity index (χ2n) is 9.26. The first-order chi connectivity index (χ1) is 16.4. The Kier molecular flexibility index (Phi) is 9.22. The number of amides is 2. The van der Waals surface area contributed by atoms with Crippen LogP contribution in [-0.2, 0) is 13.1 Å². The molecule has 0 aliphatic heterocycles. The molecule has 184 valence electrons. The number of urea groups is 1. The van der Waals surface area contributed by atoms with Crippen LogP contribution in [0.15, 0.2) is 48.7 Å². The standard InChI is InChI=1S/C27H38N4O3/c1-20(2)7-6-16-34-26-18-23(9-11-25(26)33-5)29-27(32)28-19-21-8-10-24-22(17-21)12-13-31(24)15-14-30(3)4/h8-13,17-18,20H,6-7,14-16,19H2,1-5H3,(H2,28,29,32). The van der Waals surface area contributed by atoms with Crippen molar-refractivity contribution in [3.8, 4) is 11.5 Å². The van der Waals surface area contributed by atoms with E-state index in [2.05, 4.69) is 78.5 Å². The number of hydrogen-bond acceptors (Lipinski definition) is 4. The number of carbonyl (C=O) groups is 1. The van der Waals surface area contributed by atoms with Crippen molar-refractivity contribution in [1.29, 1.82) is 0 Å². The zero-order valence-corrected chi connectivity index (χ0v) is 21.1. The van der Waals surface area contributed by atoms with E-state index in [4.69, 9.17) is 9.47 Å². The highest BCUT2D eigenvalue weighted by Gasteiger charge is 2.09. The highest BCUT2D eigenvalue weighted by molar-refractivity contribution is 5.89. The van der Waals surface area contributed by atoms with Crippen LogP contribution in [0.25, 0.3) is 10.9 Å². The smallest absolute Gasteiger partial charge is 0.319 e. The first-order valence-electron chi connectivity index (χ1n) is 11.9. The van der Waals surface area contributed by atoms with Crippen molar-refractivity contribution in [2.24, 2.45) is 5.92 Å². The normalized spacial score (nSPS) is 11.3. The summed E-state index contributed by atoms with van der Waals surface area (Å²) in [5.41, 5.74) is 2.91. The molecule has 0 aliphatic rings. The predicted octanol–water partition coefficient (Wildman–Crippen LogP) is 5.35. The Hall–Kier alpha value is -3.19. The lowest BCUT2D eigenvalue weighted by atomic mass is 10.1. The molecule has 1 heterocycles. The van der Waals surface area contributed by atoms with Gasteiger partial charge in [-0.05, 0) is 74.1 Å². The van der Waals surface area contributed by atoms with Crippen molar-refractivity contribution in [3.05, 3.63) is 54.2 Å². The minimum Gasteiger partial charge on any atom is -0.493 e. The predicted molar refractivity (Wildman–Crippen MR) is 139 cm³/mol. The Morgan fingerprint density at radius 2 is 1.91 bits per heavy atom. The van der Waals surface area contributed by atoms with Crippen LogP contribution in [-0.4, -0.2) is 49.9 Å². The average Bonchev–Trinajstić information content (AvgIpc) is 3.21. The molecular weight excluding hydrogens is 428 g/mol. The van der Waals surface area contributed by atoms with Gasteiger partial charge in [-0.2, -0.15) is 0 Å². The molecule has 34 heavy (non-hydrogen) atoms. The van der Waals surface area contributed by atoms with Gasteiger partial charge in [0.1, 0.15) is 0 Å². The van der Waals surface area contributed by atoms with Crippen LogP contribution in [0.5, 0.6) is 11.5 Å². The molecule has 0 spiro atoms. The van der Waals surface area contributed by atoms with E-state index in [1.807, 2.05) is 12.1 Å². The number of benzene rings is 2. The number of likely N-dealkylation sites (N-methyl/N-ethyl adjacent to an activating group) is 1. The molecule has 2 N–H and O–H groups in total. The zero-order valence-electron chi connectivity index (χ0n) is 21.1. The monoisotopic (exact) mass is 466 g/mol. The van der Waals surface area contributed by atoms with Crippen molar-refractivity contribution in [3.63, 3.8) is 0 Å². The molecule has 1 aromatic heterocycles. The lowest BCUT2D eigenvalue weighted by molar-refractivity contribution is 0.251. The van der Waals surface area contributed by atoms with E-state index >= 15 is 0 Å². The summed E-state index contributed by atoms with van der Waals surface area (Å²) in [6, 6.07) is 13.6. The summed E-state index contributed by atoms with van der Waals surface area (Å²) in [7, 11) is 5.77. The number of methoxy groups -OCH3 is 1. The van der Waals surface area contributed by atoms with Crippen LogP contribution >= 0.6 is 0 Å². The first kappa shape index (κ1) is 25.4. The summed E-state index contributed by atoms with van der Waals surface area (Å²) in [5, 5.41) is 7.00. The Morgan fingerprint density at radius 3 is 2.65 bits per heavy atom. The number of anilines is 1. The van der Waals surface area contributed by atoms with Crippen molar-refractivity contribution in [2.45, 2.75) is 39.8 Å². The van der Waals surface area contributed by atoms with E-state index < -0.39 is 0 Å². The largest absolute Gasteiger partial charge is 0.493 e. The molecule has 0 saturated heterocycles. The number of rotatable bonds is 12. The summed E-state index contributed by atoms with van der Waals surface area (Å²) in [5.74, 6) is 1.93. The fraction of sp³-hybridized carbons (Fsp3) is 0.444. The van der Waals surface area contributed by atoms with Crippen LogP contribution < -0.4 is 20.1 Å². The van der Waals surface area contributed by atoms with Gasteiger partial charge in [0.2, 0.25) is 0 Å². The Bertz CT molecular complexity index is 1070. The van der Waals surface area contributed by atoms with Crippen LogP contribution in [0.1, 0.15) is 32.3 Å². The molecule has 3 rings (SSSR count). The second-order valence-corrected chi connectivity index (χ2v) is 9.26. The Balaban J connectivity index is 1.55. The van der Waals surface area contributed by atoms with Crippen molar-refractivity contribution in [2.75, 3.05) is 39.7 Å². The average molecular weight is 467 g/mol. The van der Waals surface area contributed by atoms with Crippen molar-refractivity contribution in [1.82, 2.24) is 14.8 Å². The number of hydrogen-bond donors (Lipinski definition) is 2. The number of fused-ring (bicyclic) bond motifs is 1. The third-order valence-corrected chi connectivity index (χ3v) is 5.68. The molecule has 2 aromatic carbocycles. The maximum Gasteiger partial charge on any atom is 0.319 e. The Labute approximate surface area is 203 Å². The van der Waals surface area contributed by atoms with Crippen molar-refractivity contribution >= 4 is 22.6 Å². The van der Waals surface area contributed by atoms with Gasteiger partial charge < -0.3 is 29.6 Å². The third-order valence-electron chi connectivity index (χ3n) is 5.68. The lowest BCUT2D eigenvalue weighted by Crippen LogP contribution is -2.28. The SMILES string of the molecule is COc1ccc(NC(=O)NCc2ccc3c(ccn3CCN(C)C)c2)cc1OCCCC(C)C. The van der Waals surface area contributed by atoms with Crippen molar-refractivity contribution < 1.29 is 14.3 Å². The Morgan fingerprint density at radius 1 is 1.09 bits per heavy atom. The first-order valence-corrected chi connectivity index (χ1v) is 11.9. The highest BCUT2D eigenvalue weighted by atomic mass is 16.5. The maximum atomic E-state index is 12.5. The summed E-state index contributed by atoms with van der Waals surface area (Å²) < 4.78 is 13.6. The van der Waals surface area contributed by atoms with E-state index in [-0.39, 0.29) is 6.03 Å². The molecule has 2 amide bonds. The fourth-order valence-electron chi connectivity index (χ4n) is 3.76. The van der Waals surface area contributed by atoms with Gasteiger partial charge in [0.05, 0.1) is 13.7 Å². The van der Waals surface area contributed by atoms with Gasteiger partial charge in [-0.15, -0.1) is 0 Å². The van der Waals surface area contributed by atoms with Gasteiger partial charge in [0.25, 0.3) is 0 Å². The van der Waals surface area contributed by atoms with Gasteiger partial charge in [-0.3, -0.25) is 0 Å². The molecule has 0 unspecified atom stereocenters. The van der Waals surface area contributed by atoms with Gasteiger partial charge >= 0.3 is 6.03 Å². The molecular formula is C27H38N4O3. The molecule has 0 bridgehead atoms. The maximum absolute atomic E-state index is 12.5. The van der Waals surface area contributed by atoms with E-state index in [0.29, 0.717) is 36.3 Å². The molecule has 3 aromatic rings. The van der Waals surface area contributed by atoms with Crippen LogP contribution in [0.3, 0.4) is 0 Å². The molecule has 0 atom stereocenters. The summed E-state index contributed by atoms with van der Waals surface area (Å²) in [6.45, 7) is 7.39. The number of ether oxygens (including phenoxy) is 2. The minimum absolute atomic E-state index is 0.264. The van der Waals surface area contributed by atoms with Gasteiger partial charge in [0.15, 0.2) is 11.5 Å². The van der Waals surface area contributed by atoms with Crippen LogP contribution in [0.2, 0.25) is 0 Å². The van der Waals surface area contributed by atoms with Gasteiger partial charge in [0, 0.05) is 43.1 Å². The number of aromatic nitrogens is 1. The molecule has 0 radical (unpaired) electrons. The van der Waals surface area contributed by atoms with Gasteiger partial charge in [-0.1, -0.05) is 19.9 Å². The quantitative estimate of drug-likeness (QED) is 0.353. The van der Waals surface area contributed by atoms with Gasteiger partial charge in [-0.25, -0.2) is 4.79 Å². The number of carbonyl (C=O) groups excluding carboxylic acids is 1. The van der Waals surface area contributed by atoms with E-state index in [9.17, 15) is 4.79 Å². The molecule has 0 fully saturated rings. The zero-order chi connectivity index (χ0) is 24.5. The minimum atomic E-state index is -0.264. The fourth-order valence-corrected chi connectivity index (χ4v) is 3.76. The van der Waals surface area contributed by atoms with Crippen LogP contribution in [0, 0.1) is 5.92 Å². The third kappa shape index (κ3) is 7.42.